The molecule has 2 aliphatic rings. The van der Waals surface area contributed by atoms with Gasteiger partial charge in [-0.25, -0.2) is 0 Å². The van der Waals surface area contributed by atoms with Crippen molar-refractivity contribution in [2.24, 2.45) is 11.3 Å². The van der Waals surface area contributed by atoms with E-state index in [1.54, 1.807) is 0 Å². The van der Waals surface area contributed by atoms with Gasteiger partial charge >= 0.3 is 11.9 Å². The summed E-state index contributed by atoms with van der Waals surface area (Å²) in [6.07, 6.45) is 4.98. The molecule has 19 heavy (non-hydrogen) atoms. The van der Waals surface area contributed by atoms with E-state index in [0.717, 1.165) is 32.1 Å². The molecule has 108 valence electrons. The van der Waals surface area contributed by atoms with E-state index >= 15 is 0 Å². The van der Waals surface area contributed by atoms with E-state index in [0.29, 0.717) is 13.0 Å². The molecule has 1 saturated carbocycles. The van der Waals surface area contributed by atoms with Crippen LogP contribution in [0.3, 0.4) is 0 Å². The third-order valence-electron chi connectivity index (χ3n) is 4.78. The van der Waals surface area contributed by atoms with Gasteiger partial charge in [0.05, 0.1) is 18.4 Å². The van der Waals surface area contributed by atoms with Crippen LogP contribution in [0.25, 0.3) is 0 Å². The Morgan fingerprint density at radius 1 is 1.42 bits per heavy atom. The van der Waals surface area contributed by atoms with Crippen LogP contribution in [0.5, 0.6) is 0 Å². The molecule has 1 aliphatic heterocycles. The fourth-order valence-corrected chi connectivity index (χ4v) is 2.88. The van der Waals surface area contributed by atoms with Crippen molar-refractivity contribution in [2.45, 2.75) is 64.9 Å². The number of carbonyl (C=O) groups is 2. The first-order chi connectivity index (χ1) is 8.89. The van der Waals surface area contributed by atoms with Crippen molar-refractivity contribution in [1.29, 1.82) is 0 Å². The molecule has 1 saturated heterocycles. The summed E-state index contributed by atoms with van der Waals surface area (Å²) in [5.74, 6) is -0.266. The van der Waals surface area contributed by atoms with E-state index in [4.69, 9.17) is 9.47 Å². The molecule has 1 aliphatic carbocycles. The van der Waals surface area contributed by atoms with Gasteiger partial charge in [0.2, 0.25) is 0 Å². The van der Waals surface area contributed by atoms with E-state index in [1.807, 2.05) is 20.8 Å². The summed E-state index contributed by atoms with van der Waals surface area (Å²) in [7, 11) is 0. The lowest BCUT2D eigenvalue weighted by molar-refractivity contribution is -0.176. The first-order valence-electron chi connectivity index (χ1n) is 7.29. The van der Waals surface area contributed by atoms with E-state index in [-0.39, 0.29) is 17.9 Å². The average molecular weight is 268 g/mol. The predicted octanol–water partition coefficient (Wildman–Crippen LogP) is 2.84. The van der Waals surface area contributed by atoms with Crippen LogP contribution < -0.4 is 0 Å². The van der Waals surface area contributed by atoms with Crippen LogP contribution in [0.15, 0.2) is 0 Å². The molecular formula is C15H24O4. The van der Waals surface area contributed by atoms with Crippen molar-refractivity contribution in [1.82, 2.24) is 0 Å². The maximum Gasteiger partial charge on any atom is 0.312 e. The molecule has 1 heterocycles. The van der Waals surface area contributed by atoms with Crippen molar-refractivity contribution < 1.29 is 19.1 Å². The molecule has 1 unspecified atom stereocenters. The molecule has 0 aromatic heterocycles. The summed E-state index contributed by atoms with van der Waals surface area (Å²) >= 11 is 0. The van der Waals surface area contributed by atoms with Crippen molar-refractivity contribution in [3.63, 3.8) is 0 Å². The first kappa shape index (κ1) is 14.4. The van der Waals surface area contributed by atoms with Gasteiger partial charge in [0, 0.05) is 5.92 Å². The predicted molar refractivity (Wildman–Crippen MR) is 70.4 cm³/mol. The molecule has 0 amide bonds. The first-order valence-corrected chi connectivity index (χ1v) is 7.29. The average Bonchev–Trinajstić information content (AvgIpc) is 2.99. The normalized spacial score (nSPS) is 26.3. The van der Waals surface area contributed by atoms with E-state index < -0.39 is 11.0 Å². The van der Waals surface area contributed by atoms with Crippen LogP contribution in [0.1, 0.15) is 59.3 Å². The molecule has 1 atom stereocenters. The number of carbonyl (C=O) groups excluding carboxylic acids is 2. The fourth-order valence-electron chi connectivity index (χ4n) is 2.88. The van der Waals surface area contributed by atoms with Gasteiger partial charge in [0.25, 0.3) is 0 Å². The summed E-state index contributed by atoms with van der Waals surface area (Å²) in [5, 5.41) is 0. The van der Waals surface area contributed by atoms with Crippen LogP contribution >= 0.6 is 0 Å². The second kappa shape index (κ2) is 5.14. The molecule has 2 fully saturated rings. The zero-order chi connectivity index (χ0) is 14.1. The number of cyclic esters (lactones) is 1. The van der Waals surface area contributed by atoms with Gasteiger partial charge in [-0.3, -0.25) is 9.59 Å². The second-order valence-corrected chi connectivity index (χ2v) is 6.48. The van der Waals surface area contributed by atoms with Crippen molar-refractivity contribution >= 4 is 11.9 Å². The lowest BCUT2D eigenvalue weighted by Gasteiger charge is -2.36. The van der Waals surface area contributed by atoms with Gasteiger partial charge < -0.3 is 9.47 Å². The zero-order valence-electron chi connectivity index (χ0n) is 12.2. The Hall–Kier alpha value is -1.06. The standard InChI is InChI=1S/C15H24O4/c1-4-14(2,3)13(17)19-15(7-5-6-8-15)11-9-12(16)18-10-11/h11H,4-10H2,1-3H3. The van der Waals surface area contributed by atoms with Crippen LogP contribution in [0.4, 0.5) is 0 Å². The SMILES string of the molecule is CCC(C)(C)C(=O)OC1(C2COC(=O)C2)CCCC1. The van der Waals surface area contributed by atoms with Gasteiger partial charge in [-0.2, -0.15) is 0 Å². The Kier molecular flexibility index (Phi) is 3.88. The van der Waals surface area contributed by atoms with Gasteiger partial charge in [-0.15, -0.1) is 0 Å². The van der Waals surface area contributed by atoms with Gasteiger partial charge in [0.1, 0.15) is 5.60 Å². The third-order valence-corrected chi connectivity index (χ3v) is 4.78. The lowest BCUT2D eigenvalue weighted by Crippen LogP contribution is -2.43. The monoisotopic (exact) mass is 268 g/mol. The Balaban J connectivity index is 2.12. The van der Waals surface area contributed by atoms with Crippen LogP contribution in [-0.4, -0.2) is 24.1 Å². The minimum absolute atomic E-state index is 0.0408. The van der Waals surface area contributed by atoms with Gasteiger partial charge in [-0.05, 0) is 46.0 Å². The molecule has 0 aromatic rings. The van der Waals surface area contributed by atoms with Crippen molar-refractivity contribution in [3.05, 3.63) is 0 Å². The minimum atomic E-state index is -0.463. The van der Waals surface area contributed by atoms with Gasteiger partial charge in [-0.1, -0.05) is 6.92 Å². The molecule has 0 aromatic carbocycles. The highest BCUT2D eigenvalue weighted by atomic mass is 16.6. The molecule has 0 spiro atoms. The molecule has 4 heteroatoms. The summed E-state index contributed by atoms with van der Waals surface area (Å²) < 4.78 is 11.0. The Morgan fingerprint density at radius 3 is 2.53 bits per heavy atom. The Labute approximate surface area is 114 Å². The lowest BCUT2D eigenvalue weighted by atomic mass is 9.83. The summed E-state index contributed by atoms with van der Waals surface area (Å²) in [4.78, 5) is 23.7. The minimum Gasteiger partial charge on any atom is -0.465 e. The molecule has 0 bridgehead atoms. The summed E-state index contributed by atoms with van der Waals surface area (Å²) in [5.41, 5.74) is -0.922. The van der Waals surface area contributed by atoms with Crippen LogP contribution in [0, 0.1) is 11.3 Å². The molecule has 4 nitrogen and oxygen atoms in total. The number of hydrogen-bond donors (Lipinski definition) is 0. The maximum absolute atomic E-state index is 12.3. The molecular weight excluding hydrogens is 244 g/mol. The van der Waals surface area contributed by atoms with E-state index in [1.165, 1.54) is 0 Å². The number of hydrogen-bond acceptors (Lipinski definition) is 4. The number of ether oxygens (including phenoxy) is 2. The summed E-state index contributed by atoms with van der Waals surface area (Å²) in [6, 6.07) is 0. The second-order valence-electron chi connectivity index (χ2n) is 6.48. The van der Waals surface area contributed by atoms with Gasteiger partial charge in [0.15, 0.2) is 0 Å². The molecule has 0 N–H and O–H groups in total. The van der Waals surface area contributed by atoms with Crippen molar-refractivity contribution in [3.8, 4) is 0 Å². The largest absolute Gasteiger partial charge is 0.465 e. The topological polar surface area (TPSA) is 52.6 Å². The highest BCUT2D eigenvalue weighted by Gasteiger charge is 2.49. The zero-order valence-corrected chi connectivity index (χ0v) is 12.2. The quantitative estimate of drug-likeness (QED) is 0.736. The van der Waals surface area contributed by atoms with Crippen LogP contribution in [-0.2, 0) is 19.1 Å². The maximum atomic E-state index is 12.3. The Morgan fingerprint density at radius 2 is 2.05 bits per heavy atom. The van der Waals surface area contributed by atoms with E-state index in [9.17, 15) is 9.59 Å². The fraction of sp³-hybridized carbons (Fsp3) is 0.867. The third kappa shape index (κ3) is 2.77. The summed E-state index contributed by atoms with van der Waals surface area (Å²) in [6.45, 7) is 6.21. The highest BCUT2D eigenvalue weighted by molar-refractivity contribution is 5.77. The van der Waals surface area contributed by atoms with Crippen molar-refractivity contribution in [2.75, 3.05) is 6.61 Å². The number of rotatable bonds is 4. The number of esters is 2. The molecule has 0 radical (unpaired) electrons. The smallest absolute Gasteiger partial charge is 0.312 e. The molecule has 2 rings (SSSR count). The van der Waals surface area contributed by atoms with E-state index in [2.05, 4.69) is 0 Å². The Bertz CT molecular complexity index is 366. The van der Waals surface area contributed by atoms with Crippen LogP contribution in [0.2, 0.25) is 0 Å². The highest BCUT2D eigenvalue weighted by Crippen LogP contribution is 2.44.